The molecule has 1 fully saturated rings. The molecule has 3 rings (SSSR count). The summed E-state index contributed by atoms with van der Waals surface area (Å²) in [6, 6.07) is 2.90. The van der Waals surface area contributed by atoms with E-state index in [2.05, 4.69) is 20.4 Å². The van der Waals surface area contributed by atoms with Crippen LogP contribution in [0.5, 0.6) is 0 Å². The van der Waals surface area contributed by atoms with E-state index in [4.69, 9.17) is 4.52 Å². The molecule has 1 saturated heterocycles. The molecule has 0 radical (unpaired) electrons. The summed E-state index contributed by atoms with van der Waals surface area (Å²) in [5.41, 5.74) is 0.198. The monoisotopic (exact) mass is 365 g/mol. The maximum atomic E-state index is 12.8. The summed E-state index contributed by atoms with van der Waals surface area (Å²) in [6.45, 7) is 4.00. The molecule has 134 valence electrons. The lowest BCUT2D eigenvalue weighted by molar-refractivity contribution is 0.0702. The fourth-order valence-corrected chi connectivity index (χ4v) is 4.57. The quantitative estimate of drug-likeness (QED) is 0.839. The zero-order valence-corrected chi connectivity index (χ0v) is 14.8. The van der Waals surface area contributed by atoms with E-state index in [0.717, 1.165) is 0 Å². The highest BCUT2D eigenvalue weighted by Crippen LogP contribution is 2.20. The van der Waals surface area contributed by atoms with Gasteiger partial charge in [-0.1, -0.05) is 5.16 Å². The molecule has 1 unspecified atom stereocenters. The van der Waals surface area contributed by atoms with Gasteiger partial charge >= 0.3 is 0 Å². The van der Waals surface area contributed by atoms with E-state index >= 15 is 0 Å². The SMILES string of the molecule is CCN(C(=O)c1cc(Nc2cc(C)on2)ncn1)C1CCS(=O)(=O)C1. The molecule has 3 heterocycles. The van der Waals surface area contributed by atoms with Crippen LogP contribution in [0.4, 0.5) is 11.6 Å². The van der Waals surface area contributed by atoms with Gasteiger partial charge in [-0.3, -0.25) is 4.79 Å². The van der Waals surface area contributed by atoms with Crippen LogP contribution in [0.3, 0.4) is 0 Å². The molecule has 25 heavy (non-hydrogen) atoms. The lowest BCUT2D eigenvalue weighted by atomic mass is 10.2. The van der Waals surface area contributed by atoms with E-state index in [1.807, 2.05) is 6.92 Å². The van der Waals surface area contributed by atoms with Gasteiger partial charge in [-0.15, -0.1) is 0 Å². The Kier molecular flexibility index (Phi) is 4.71. The van der Waals surface area contributed by atoms with Crippen molar-refractivity contribution >= 4 is 27.4 Å². The van der Waals surface area contributed by atoms with Crippen molar-refractivity contribution in [1.29, 1.82) is 0 Å². The van der Waals surface area contributed by atoms with Crippen molar-refractivity contribution in [2.24, 2.45) is 0 Å². The Hall–Kier alpha value is -2.49. The Morgan fingerprint density at radius 1 is 1.36 bits per heavy atom. The minimum atomic E-state index is -3.07. The highest BCUT2D eigenvalue weighted by molar-refractivity contribution is 7.91. The van der Waals surface area contributed by atoms with Crippen LogP contribution in [-0.4, -0.2) is 58.4 Å². The molecule has 1 aliphatic heterocycles. The van der Waals surface area contributed by atoms with Crippen LogP contribution in [-0.2, 0) is 9.84 Å². The molecular weight excluding hydrogens is 346 g/mol. The van der Waals surface area contributed by atoms with E-state index in [0.29, 0.717) is 30.4 Å². The number of nitrogens with zero attached hydrogens (tertiary/aromatic N) is 4. The number of rotatable bonds is 5. The first-order chi connectivity index (χ1) is 11.9. The number of anilines is 2. The van der Waals surface area contributed by atoms with E-state index in [9.17, 15) is 13.2 Å². The van der Waals surface area contributed by atoms with E-state index in [1.54, 1.807) is 17.9 Å². The molecule has 0 aliphatic carbocycles. The lowest BCUT2D eigenvalue weighted by Gasteiger charge is -2.26. The van der Waals surface area contributed by atoms with Crippen LogP contribution in [0.25, 0.3) is 0 Å². The summed E-state index contributed by atoms with van der Waals surface area (Å²) in [6.07, 6.45) is 1.73. The maximum Gasteiger partial charge on any atom is 0.272 e. The number of carbonyl (C=O) groups is 1. The number of carbonyl (C=O) groups excluding carboxylic acids is 1. The number of hydrogen-bond donors (Lipinski definition) is 1. The second kappa shape index (κ2) is 6.79. The molecule has 1 amide bonds. The predicted octanol–water partition coefficient (Wildman–Crippen LogP) is 1.17. The molecule has 2 aromatic rings. The topological polar surface area (TPSA) is 118 Å². The standard InChI is InChI=1S/C15H19N5O4S/c1-3-20(11-4-5-25(22,23)8-11)15(21)12-7-13(17-9-16-12)18-14-6-10(2)24-19-14/h6-7,9,11H,3-5,8H2,1-2H3,(H,16,17,18,19). The van der Waals surface area contributed by atoms with Crippen molar-refractivity contribution in [3.63, 3.8) is 0 Å². The Labute approximate surface area is 145 Å². The fourth-order valence-electron chi connectivity index (χ4n) is 2.84. The molecule has 0 saturated carbocycles. The van der Waals surface area contributed by atoms with E-state index in [-0.39, 0.29) is 29.1 Å². The average Bonchev–Trinajstić information content (AvgIpc) is 3.13. The second-order valence-electron chi connectivity index (χ2n) is 5.88. The minimum absolute atomic E-state index is 0.000979. The van der Waals surface area contributed by atoms with Gasteiger partial charge in [0.25, 0.3) is 5.91 Å². The summed E-state index contributed by atoms with van der Waals surface area (Å²) in [5, 5.41) is 6.74. The summed E-state index contributed by atoms with van der Waals surface area (Å²) in [7, 11) is -3.07. The molecule has 2 aromatic heterocycles. The fraction of sp³-hybridized carbons (Fsp3) is 0.467. The van der Waals surface area contributed by atoms with Gasteiger partial charge in [-0.05, 0) is 20.3 Å². The van der Waals surface area contributed by atoms with Crippen molar-refractivity contribution in [1.82, 2.24) is 20.0 Å². The van der Waals surface area contributed by atoms with E-state index in [1.165, 1.54) is 12.4 Å². The molecule has 9 nitrogen and oxygen atoms in total. The third-order valence-corrected chi connectivity index (χ3v) is 5.77. The van der Waals surface area contributed by atoms with Gasteiger partial charge in [0.15, 0.2) is 15.7 Å². The van der Waals surface area contributed by atoms with Gasteiger partial charge in [0.2, 0.25) is 0 Å². The number of aryl methyl sites for hydroxylation is 1. The Morgan fingerprint density at radius 2 is 2.16 bits per heavy atom. The van der Waals surface area contributed by atoms with Gasteiger partial charge in [0.05, 0.1) is 11.5 Å². The van der Waals surface area contributed by atoms with Crippen molar-refractivity contribution in [3.8, 4) is 0 Å². The minimum Gasteiger partial charge on any atom is -0.360 e. The average molecular weight is 365 g/mol. The van der Waals surface area contributed by atoms with Crippen molar-refractivity contribution in [2.45, 2.75) is 26.3 Å². The van der Waals surface area contributed by atoms with Crippen molar-refractivity contribution in [3.05, 3.63) is 29.9 Å². The van der Waals surface area contributed by atoms with Gasteiger partial charge in [-0.25, -0.2) is 18.4 Å². The summed E-state index contributed by atoms with van der Waals surface area (Å²) >= 11 is 0. The molecule has 10 heteroatoms. The van der Waals surface area contributed by atoms with Crippen LogP contribution in [0.2, 0.25) is 0 Å². The Bertz CT molecular complexity index is 880. The van der Waals surface area contributed by atoms with Gasteiger partial charge < -0.3 is 14.7 Å². The molecule has 1 N–H and O–H groups in total. The number of aromatic nitrogens is 3. The first-order valence-electron chi connectivity index (χ1n) is 7.92. The predicted molar refractivity (Wildman–Crippen MR) is 90.3 cm³/mol. The highest BCUT2D eigenvalue weighted by atomic mass is 32.2. The largest absolute Gasteiger partial charge is 0.360 e. The maximum absolute atomic E-state index is 12.8. The first kappa shape index (κ1) is 17.3. The van der Waals surface area contributed by atoms with Gasteiger partial charge in [0.1, 0.15) is 23.6 Å². The normalized spacial score (nSPS) is 18.9. The number of sulfone groups is 1. The zero-order valence-electron chi connectivity index (χ0n) is 14.0. The third-order valence-electron chi connectivity index (χ3n) is 4.02. The second-order valence-corrected chi connectivity index (χ2v) is 8.11. The van der Waals surface area contributed by atoms with Crippen LogP contribution in [0.15, 0.2) is 23.0 Å². The molecule has 0 aromatic carbocycles. The summed E-state index contributed by atoms with van der Waals surface area (Å²) < 4.78 is 28.3. The first-order valence-corrected chi connectivity index (χ1v) is 9.74. The van der Waals surface area contributed by atoms with Crippen molar-refractivity contribution in [2.75, 3.05) is 23.4 Å². The number of nitrogens with one attached hydrogen (secondary N) is 1. The molecular formula is C15H19N5O4S. The Balaban J connectivity index is 1.78. The number of amides is 1. The molecule has 0 bridgehead atoms. The molecule has 1 aliphatic rings. The van der Waals surface area contributed by atoms with Gasteiger partial charge in [-0.2, -0.15) is 0 Å². The third kappa shape index (κ3) is 3.95. The Morgan fingerprint density at radius 3 is 2.76 bits per heavy atom. The van der Waals surface area contributed by atoms with Crippen LogP contribution < -0.4 is 5.32 Å². The van der Waals surface area contributed by atoms with Gasteiger partial charge in [0, 0.05) is 24.7 Å². The van der Waals surface area contributed by atoms with Crippen molar-refractivity contribution < 1.29 is 17.7 Å². The highest BCUT2D eigenvalue weighted by Gasteiger charge is 2.34. The molecule has 0 spiro atoms. The van der Waals surface area contributed by atoms with Crippen LogP contribution in [0, 0.1) is 6.92 Å². The van der Waals surface area contributed by atoms with Crippen LogP contribution in [0.1, 0.15) is 29.6 Å². The lowest BCUT2D eigenvalue weighted by Crippen LogP contribution is -2.41. The van der Waals surface area contributed by atoms with Crippen LogP contribution >= 0.6 is 0 Å². The summed E-state index contributed by atoms with van der Waals surface area (Å²) in [4.78, 5) is 22.4. The molecule has 1 atom stereocenters. The smallest absolute Gasteiger partial charge is 0.272 e. The number of hydrogen-bond acceptors (Lipinski definition) is 8. The summed E-state index contributed by atoms with van der Waals surface area (Å²) in [5.74, 6) is 1.33. The van der Waals surface area contributed by atoms with E-state index < -0.39 is 9.84 Å². The zero-order chi connectivity index (χ0) is 18.0.